The molecule has 3 heterocycles. The number of nitrogens with zero attached hydrogens (tertiary/aromatic N) is 1. The van der Waals surface area contributed by atoms with Gasteiger partial charge in [-0.2, -0.15) is 0 Å². The zero-order valence-corrected chi connectivity index (χ0v) is 13.3. The van der Waals surface area contributed by atoms with Crippen molar-refractivity contribution in [3.63, 3.8) is 0 Å². The third-order valence-electron chi connectivity index (χ3n) is 10.2. The van der Waals surface area contributed by atoms with Crippen molar-refractivity contribution in [2.45, 2.75) is 64.0 Å². The summed E-state index contributed by atoms with van der Waals surface area (Å²) in [5.41, 5.74) is 3.85. The molecule has 112 valence electrons. The van der Waals surface area contributed by atoms with Gasteiger partial charge in [0.2, 0.25) is 0 Å². The van der Waals surface area contributed by atoms with Crippen LogP contribution in [0.2, 0.25) is 0 Å². The van der Waals surface area contributed by atoms with Crippen molar-refractivity contribution in [3.8, 4) is 0 Å². The van der Waals surface area contributed by atoms with Crippen molar-refractivity contribution in [1.82, 2.24) is 4.90 Å². The second kappa shape index (κ2) is 2.79. The van der Waals surface area contributed by atoms with Gasteiger partial charge in [0.1, 0.15) is 0 Å². The van der Waals surface area contributed by atoms with E-state index in [2.05, 4.69) is 18.4 Å². The van der Waals surface area contributed by atoms with E-state index in [-0.39, 0.29) is 0 Å². The largest absolute Gasteiger partial charge is 0.296 e. The summed E-state index contributed by atoms with van der Waals surface area (Å²) < 4.78 is 0. The van der Waals surface area contributed by atoms with E-state index < -0.39 is 0 Å². The van der Waals surface area contributed by atoms with Gasteiger partial charge in [-0.05, 0) is 78.4 Å². The standard InChI is InChI=1S/C20H27N/c1-11-8-19-9-14-16-18(2)4-3-5-20(16)15(19)7-12(11)6-13(19)17(20)21(14)10-18/h12-17H,1,3-10H2,2H3/t12-,13?,14-,15+,16+,17?,18-,19-,20+/m0/s1. The molecule has 0 aromatic heterocycles. The topological polar surface area (TPSA) is 3.24 Å². The molecule has 9 fully saturated rings. The molecule has 10 atom stereocenters. The van der Waals surface area contributed by atoms with Gasteiger partial charge in [0.25, 0.3) is 0 Å². The van der Waals surface area contributed by atoms with Gasteiger partial charge >= 0.3 is 0 Å². The summed E-state index contributed by atoms with van der Waals surface area (Å²) in [5, 5.41) is 0. The Balaban J connectivity index is 1.53. The van der Waals surface area contributed by atoms with Gasteiger partial charge in [0.15, 0.2) is 0 Å². The zero-order chi connectivity index (χ0) is 13.8. The molecule has 0 N–H and O–H groups in total. The molecule has 9 bridgehead atoms. The van der Waals surface area contributed by atoms with Crippen molar-refractivity contribution in [2.24, 2.45) is 39.9 Å². The molecule has 0 radical (unpaired) electrons. The Bertz CT molecular complexity index is 609. The first-order chi connectivity index (χ1) is 10.1. The maximum Gasteiger partial charge on any atom is 0.0195 e. The van der Waals surface area contributed by atoms with E-state index in [0.29, 0.717) is 5.41 Å². The number of hydrogen-bond donors (Lipinski definition) is 0. The van der Waals surface area contributed by atoms with Crippen molar-refractivity contribution in [3.05, 3.63) is 12.2 Å². The number of piperidine rings is 2. The second-order valence-corrected chi connectivity index (χ2v) is 10.4. The summed E-state index contributed by atoms with van der Waals surface area (Å²) in [6.45, 7) is 8.63. The third-order valence-corrected chi connectivity index (χ3v) is 10.2. The van der Waals surface area contributed by atoms with E-state index in [9.17, 15) is 0 Å². The predicted molar refractivity (Wildman–Crippen MR) is 82.7 cm³/mol. The highest BCUT2D eigenvalue weighted by Gasteiger charge is 2.86. The molecule has 1 heteroatoms. The summed E-state index contributed by atoms with van der Waals surface area (Å²) in [7, 11) is 0. The first-order valence-electron chi connectivity index (χ1n) is 9.54. The molecule has 3 unspecified atom stereocenters. The van der Waals surface area contributed by atoms with Crippen LogP contribution in [-0.2, 0) is 0 Å². The molecule has 0 aromatic carbocycles. The van der Waals surface area contributed by atoms with Crippen molar-refractivity contribution in [1.29, 1.82) is 0 Å². The number of allylic oxidation sites excluding steroid dienone is 1. The Morgan fingerprint density at radius 2 is 2.14 bits per heavy atom. The SMILES string of the molecule is C=C1C[C@]23C[C@H]4[C@@H]5[C@@]6(C)CCC[C@]57C(C2C[C@H]1C[C@H]37)N4C6. The zero-order valence-electron chi connectivity index (χ0n) is 13.3. The normalized spacial score (nSPS) is 74.5. The molecule has 21 heavy (non-hydrogen) atoms. The summed E-state index contributed by atoms with van der Waals surface area (Å²) in [4.78, 5) is 3.09. The molecular formula is C20H27N. The fourth-order valence-electron chi connectivity index (χ4n) is 10.4. The minimum absolute atomic E-state index is 0.689. The van der Waals surface area contributed by atoms with Crippen molar-refractivity contribution < 1.29 is 0 Å². The van der Waals surface area contributed by atoms with Crippen LogP contribution < -0.4 is 0 Å². The van der Waals surface area contributed by atoms with Gasteiger partial charge in [-0.1, -0.05) is 25.5 Å². The lowest BCUT2D eigenvalue weighted by molar-refractivity contribution is -0.115. The Kier molecular flexibility index (Phi) is 1.50. The van der Waals surface area contributed by atoms with E-state index in [1.165, 1.54) is 32.2 Å². The van der Waals surface area contributed by atoms with E-state index in [1.807, 2.05) is 0 Å². The van der Waals surface area contributed by atoms with Crippen LogP contribution in [0.25, 0.3) is 0 Å². The fraction of sp³-hybridized carbons (Fsp3) is 0.900. The van der Waals surface area contributed by atoms with Crippen LogP contribution in [0, 0.1) is 39.9 Å². The molecule has 1 nitrogen and oxygen atoms in total. The number of fused-ring (bicyclic) bond motifs is 1. The minimum atomic E-state index is 0.689. The molecule has 2 spiro atoms. The van der Waals surface area contributed by atoms with E-state index in [1.54, 1.807) is 24.8 Å². The Labute approximate surface area is 128 Å². The lowest BCUT2D eigenvalue weighted by Gasteiger charge is -2.63. The second-order valence-electron chi connectivity index (χ2n) is 10.4. The highest BCUT2D eigenvalue weighted by Crippen LogP contribution is 2.87. The van der Waals surface area contributed by atoms with Gasteiger partial charge in [0, 0.05) is 18.6 Å². The number of rotatable bonds is 0. The lowest BCUT2D eigenvalue weighted by Crippen LogP contribution is -2.58. The quantitative estimate of drug-likeness (QED) is 0.610. The molecule has 9 rings (SSSR count). The summed E-state index contributed by atoms with van der Waals surface area (Å²) in [5.74, 6) is 4.15. The Hall–Kier alpha value is -0.300. The van der Waals surface area contributed by atoms with Crippen molar-refractivity contribution in [2.75, 3.05) is 6.54 Å². The van der Waals surface area contributed by atoms with Crippen LogP contribution in [0.1, 0.15) is 51.9 Å². The van der Waals surface area contributed by atoms with Crippen LogP contribution in [0.3, 0.4) is 0 Å². The van der Waals surface area contributed by atoms with Gasteiger partial charge in [-0.15, -0.1) is 0 Å². The summed E-state index contributed by atoms with van der Waals surface area (Å²) in [6, 6.07) is 1.99. The van der Waals surface area contributed by atoms with Crippen molar-refractivity contribution >= 4 is 0 Å². The monoisotopic (exact) mass is 281 g/mol. The first-order valence-corrected chi connectivity index (χ1v) is 9.54. The summed E-state index contributed by atoms with van der Waals surface area (Å²) >= 11 is 0. The molecule has 6 aliphatic carbocycles. The van der Waals surface area contributed by atoms with Gasteiger partial charge in [-0.25, -0.2) is 0 Å². The van der Waals surface area contributed by atoms with Gasteiger partial charge in [0.05, 0.1) is 0 Å². The smallest absolute Gasteiger partial charge is 0.0195 e. The van der Waals surface area contributed by atoms with Crippen LogP contribution in [0.5, 0.6) is 0 Å². The minimum Gasteiger partial charge on any atom is -0.296 e. The van der Waals surface area contributed by atoms with Crippen LogP contribution in [0.15, 0.2) is 12.2 Å². The third kappa shape index (κ3) is 0.821. The maximum atomic E-state index is 4.51. The average molecular weight is 281 g/mol. The summed E-state index contributed by atoms with van der Waals surface area (Å²) in [6.07, 6.45) is 10.7. The molecule has 9 aliphatic rings. The molecule has 6 saturated carbocycles. The van der Waals surface area contributed by atoms with E-state index in [4.69, 9.17) is 0 Å². The molecule has 3 saturated heterocycles. The number of hydrogen-bond acceptors (Lipinski definition) is 1. The molecule has 0 aromatic rings. The van der Waals surface area contributed by atoms with Crippen LogP contribution in [0.4, 0.5) is 0 Å². The Morgan fingerprint density at radius 3 is 3.05 bits per heavy atom. The predicted octanol–water partition coefficient (Wildman–Crippen LogP) is 3.85. The molecule has 0 amide bonds. The average Bonchev–Trinajstić information content (AvgIpc) is 2.84. The van der Waals surface area contributed by atoms with Gasteiger partial charge in [-0.3, -0.25) is 4.90 Å². The van der Waals surface area contributed by atoms with E-state index in [0.717, 1.165) is 46.6 Å². The highest BCUT2D eigenvalue weighted by atomic mass is 15.3. The van der Waals surface area contributed by atoms with Gasteiger partial charge < -0.3 is 0 Å². The van der Waals surface area contributed by atoms with Crippen LogP contribution in [-0.4, -0.2) is 23.5 Å². The highest BCUT2D eigenvalue weighted by molar-refractivity contribution is 5.39. The Morgan fingerprint density at radius 1 is 1.24 bits per heavy atom. The molecule has 3 aliphatic heterocycles. The lowest BCUT2D eigenvalue weighted by atomic mass is 9.41. The maximum absolute atomic E-state index is 4.51. The fourth-order valence-corrected chi connectivity index (χ4v) is 10.4. The van der Waals surface area contributed by atoms with E-state index >= 15 is 0 Å². The van der Waals surface area contributed by atoms with Crippen LogP contribution >= 0.6 is 0 Å². The first kappa shape index (κ1) is 11.3. The molecular weight excluding hydrogens is 254 g/mol.